The third kappa shape index (κ3) is 3.83. The number of rotatable bonds is 7. The van der Waals surface area contributed by atoms with Crippen molar-refractivity contribution in [1.29, 1.82) is 0 Å². The highest BCUT2D eigenvalue weighted by atomic mass is 32.2. The Bertz CT molecular complexity index is 528. The Hall–Kier alpha value is -1.29. The van der Waals surface area contributed by atoms with Gasteiger partial charge in [0, 0.05) is 11.9 Å². The minimum absolute atomic E-state index is 0.735. The number of anilines is 1. The lowest BCUT2D eigenvalue weighted by molar-refractivity contribution is 0.778. The van der Waals surface area contributed by atoms with Crippen LogP contribution in [0.2, 0.25) is 0 Å². The molecule has 2 rings (SSSR count). The van der Waals surface area contributed by atoms with Gasteiger partial charge >= 0.3 is 0 Å². The average molecular weight is 275 g/mol. The van der Waals surface area contributed by atoms with Gasteiger partial charge in [-0.05, 0) is 25.2 Å². The van der Waals surface area contributed by atoms with Crippen molar-refractivity contribution in [3.8, 4) is 0 Å². The van der Waals surface area contributed by atoms with Crippen LogP contribution < -0.4 is 5.32 Å². The van der Waals surface area contributed by atoms with Crippen molar-refractivity contribution in [3.63, 3.8) is 0 Å². The smallest absolute Gasteiger partial charge is 0.224 e. The number of hydrogen-bond donors (Lipinski definition) is 1. The molecule has 2 aromatic rings. The fourth-order valence-corrected chi connectivity index (χ4v) is 2.94. The molecule has 3 nitrogen and oxygen atoms in total. The lowest BCUT2D eigenvalue weighted by Crippen LogP contribution is -2.03. The second-order valence-corrected chi connectivity index (χ2v) is 5.54. The SMILES string of the molecule is CCCCCSc1nc(NCC)nc2ccccc12. The second-order valence-electron chi connectivity index (χ2n) is 4.46. The van der Waals surface area contributed by atoms with Gasteiger partial charge in [0.05, 0.1) is 5.52 Å². The molecule has 1 aromatic heterocycles. The molecule has 0 aliphatic carbocycles. The quantitative estimate of drug-likeness (QED) is 0.463. The van der Waals surface area contributed by atoms with Gasteiger partial charge in [-0.2, -0.15) is 0 Å². The van der Waals surface area contributed by atoms with Crippen molar-refractivity contribution in [2.75, 3.05) is 17.6 Å². The monoisotopic (exact) mass is 275 g/mol. The van der Waals surface area contributed by atoms with Gasteiger partial charge in [-0.25, -0.2) is 9.97 Å². The number of hydrogen-bond acceptors (Lipinski definition) is 4. The van der Waals surface area contributed by atoms with Gasteiger partial charge in [0.2, 0.25) is 5.95 Å². The first kappa shape index (κ1) is 14.1. The summed E-state index contributed by atoms with van der Waals surface area (Å²) in [5, 5.41) is 5.46. The third-order valence-electron chi connectivity index (χ3n) is 2.89. The molecule has 102 valence electrons. The van der Waals surface area contributed by atoms with Gasteiger partial charge in [0.15, 0.2) is 0 Å². The minimum atomic E-state index is 0.735. The van der Waals surface area contributed by atoms with Crippen molar-refractivity contribution in [2.45, 2.75) is 38.1 Å². The number of nitrogens with zero attached hydrogens (tertiary/aromatic N) is 2. The molecule has 0 spiro atoms. The molecule has 1 N–H and O–H groups in total. The summed E-state index contributed by atoms with van der Waals surface area (Å²) in [7, 11) is 0. The van der Waals surface area contributed by atoms with E-state index in [2.05, 4.69) is 41.3 Å². The summed E-state index contributed by atoms with van der Waals surface area (Å²) in [5.74, 6) is 1.86. The molecule has 0 fully saturated rings. The molecule has 0 unspecified atom stereocenters. The first-order chi connectivity index (χ1) is 9.35. The van der Waals surface area contributed by atoms with E-state index in [9.17, 15) is 0 Å². The number of nitrogens with one attached hydrogen (secondary N) is 1. The van der Waals surface area contributed by atoms with E-state index >= 15 is 0 Å². The number of benzene rings is 1. The normalized spacial score (nSPS) is 10.8. The molecule has 0 saturated heterocycles. The maximum atomic E-state index is 4.63. The Kier molecular flexibility index (Phi) is 5.45. The van der Waals surface area contributed by atoms with Gasteiger partial charge in [0.25, 0.3) is 0 Å². The van der Waals surface area contributed by atoms with Crippen LogP contribution in [0.15, 0.2) is 29.3 Å². The molecular formula is C15H21N3S. The van der Waals surface area contributed by atoms with Gasteiger partial charge < -0.3 is 5.32 Å². The Morgan fingerprint density at radius 1 is 1.11 bits per heavy atom. The summed E-state index contributed by atoms with van der Waals surface area (Å²) in [4.78, 5) is 9.16. The van der Waals surface area contributed by atoms with Crippen LogP contribution in [-0.2, 0) is 0 Å². The van der Waals surface area contributed by atoms with Crippen LogP contribution in [0, 0.1) is 0 Å². The highest BCUT2D eigenvalue weighted by Gasteiger charge is 2.07. The summed E-state index contributed by atoms with van der Waals surface area (Å²) in [6.07, 6.45) is 3.79. The summed E-state index contributed by atoms with van der Waals surface area (Å²) >= 11 is 1.84. The summed E-state index contributed by atoms with van der Waals surface area (Å²) in [6.45, 7) is 5.14. The van der Waals surface area contributed by atoms with Crippen LogP contribution in [0.5, 0.6) is 0 Å². The van der Waals surface area contributed by atoms with E-state index in [1.807, 2.05) is 23.9 Å². The highest BCUT2D eigenvalue weighted by Crippen LogP contribution is 2.27. The first-order valence-electron chi connectivity index (χ1n) is 6.98. The number of aromatic nitrogens is 2. The Morgan fingerprint density at radius 2 is 1.95 bits per heavy atom. The van der Waals surface area contributed by atoms with Crippen LogP contribution in [-0.4, -0.2) is 22.3 Å². The Labute approximate surface area is 119 Å². The topological polar surface area (TPSA) is 37.8 Å². The van der Waals surface area contributed by atoms with E-state index in [-0.39, 0.29) is 0 Å². The van der Waals surface area contributed by atoms with Gasteiger partial charge in [0.1, 0.15) is 5.03 Å². The number of thioether (sulfide) groups is 1. The molecule has 0 atom stereocenters. The van der Waals surface area contributed by atoms with Crippen molar-refractivity contribution >= 4 is 28.6 Å². The number of fused-ring (bicyclic) bond motifs is 1. The molecule has 4 heteroatoms. The largest absolute Gasteiger partial charge is 0.354 e. The van der Waals surface area contributed by atoms with Gasteiger partial charge in [-0.15, -0.1) is 11.8 Å². The fraction of sp³-hybridized carbons (Fsp3) is 0.467. The minimum Gasteiger partial charge on any atom is -0.354 e. The van der Waals surface area contributed by atoms with E-state index < -0.39 is 0 Å². The fourth-order valence-electron chi connectivity index (χ4n) is 1.92. The Balaban J connectivity index is 2.23. The van der Waals surface area contributed by atoms with E-state index in [0.29, 0.717) is 0 Å². The molecule has 19 heavy (non-hydrogen) atoms. The lowest BCUT2D eigenvalue weighted by atomic mass is 10.2. The summed E-state index contributed by atoms with van der Waals surface area (Å²) in [6, 6.07) is 8.23. The van der Waals surface area contributed by atoms with E-state index in [1.54, 1.807) is 0 Å². The van der Waals surface area contributed by atoms with E-state index in [0.717, 1.165) is 34.2 Å². The maximum Gasteiger partial charge on any atom is 0.224 e. The Morgan fingerprint density at radius 3 is 2.74 bits per heavy atom. The summed E-state index contributed by atoms with van der Waals surface area (Å²) in [5.41, 5.74) is 1.02. The molecule has 1 heterocycles. The highest BCUT2D eigenvalue weighted by molar-refractivity contribution is 7.99. The van der Waals surface area contributed by atoms with Crippen LogP contribution in [0.1, 0.15) is 33.1 Å². The van der Waals surface area contributed by atoms with Gasteiger partial charge in [-0.1, -0.05) is 38.0 Å². The van der Waals surface area contributed by atoms with Gasteiger partial charge in [-0.3, -0.25) is 0 Å². The predicted molar refractivity (Wildman–Crippen MR) is 84.0 cm³/mol. The maximum absolute atomic E-state index is 4.63. The van der Waals surface area contributed by atoms with Crippen molar-refractivity contribution in [2.24, 2.45) is 0 Å². The van der Waals surface area contributed by atoms with Crippen LogP contribution in [0.4, 0.5) is 5.95 Å². The number of unbranched alkanes of at least 4 members (excludes halogenated alkanes) is 2. The zero-order valence-electron chi connectivity index (χ0n) is 11.6. The molecular weight excluding hydrogens is 254 g/mol. The zero-order chi connectivity index (χ0) is 13.5. The van der Waals surface area contributed by atoms with Crippen LogP contribution in [0.25, 0.3) is 10.9 Å². The van der Waals surface area contributed by atoms with E-state index in [1.165, 1.54) is 19.3 Å². The molecule has 0 radical (unpaired) electrons. The lowest BCUT2D eigenvalue weighted by Gasteiger charge is -2.08. The first-order valence-corrected chi connectivity index (χ1v) is 7.97. The molecule has 0 aliphatic rings. The molecule has 0 bridgehead atoms. The van der Waals surface area contributed by atoms with Crippen molar-refractivity contribution in [1.82, 2.24) is 9.97 Å². The third-order valence-corrected chi connectivity index (χ3v) is 3.97. The predicted octanol–water partition coefficient (Wildman–Crippen LogP) is 4.34. The molecule has 0 amide bonds. The van der Waals surface area contributed by atoms with Crippen LogP contribution >= 0.6 is 11.8 Å². The average Bonchev–Trinajstić information content (AvgIpc) is 2.44. The number of para-hydroxylation sites is 1. The van der Waals surface area contributed by atoms with Crippen molar-refractivity contribution < 1.29 is 0 Å². The zero-order valence-corrected chi connectivity index (χ0v) is 12.5. The summed E-state index contributed by atoms with van der Waals surface area (Å²) < 4.78 is 0. The van der Waals surface area contributed by atoms with Crippen LogP contribution in [0.3, 0.4) is 0 Å². The standard InChI is InChI=1S/C15H21N3S/c1-3-5-8-11-19-14-12-9-6-7-10-13(12)17-15(18-14)16-4-2/h6-7,9-10H,3-5,8,11H2,1-2H3,(H,16,17,18). The molecule has 0 saturated carbocycles. The molecule has 1 aromatic carbocycles. The van der Waals surface area contributed by atoms with E-state index in [4.69, 9.17) is 0 Å². The second kappa shape index (κ2) is 7.34. The molecule has 0 aliphatic heterocycles. The van der Waals surface area contributed by atoms with Crippen molar-refractivity contribution in [3.05, 3.63) is 24.3 Å².